The van der Waals surface area contributed by atoms with Gasteiger partial charge in [-0.15, -0.1) is 0 Å². The molecule has 1 atom stereocenters. The summed E-state index contributed by atoms with van der Waals surface area (Å²) in [5, 5.41) is 12.2. The Bertz CT molecular complexity index is 538. The van der Waals surface area contributed by atoms with Crippen LogP contribution in [0.1, 0.15) is 13.3 Å². The normalized spacial score (nSPS) is 11.6. The van der Waals surface area contributed by atoms with Crippen LogP contribution in [0.25, 0.3) is 11.1 Å². The van der Waals surface area contributed by atoms with E-state index in [9.17, 15) is 0 Å². The van der Waals surface area contributed by atoms with Gasteiger partial charge in [0.2, 0.25) is 0 Å². The number of rotatable bonds is 5. The number of nitriles is 1. The van der Waals surface area contributed by atoms with Gasteiger partial charge in [0.15, 0.2) is 0 Å². The molecule has 0 heterocycles. The predicted molar refractivity (Wildman–Crippen MR) is 79.8 cm³/mol. The van der Waals surface area contributed by atoms with Gasteiger partial charge in [-0.3, -0.25) is 0 Å². The summed E-state index contributed by atoms with van der Waals surface area (Å²) in [4.78, 5) is 0. The molecule has 0 aliphatic heterocycles. The van der Waals surface area contributed by atoms with E-state index in [0.717, 1.165) is 12.1 Å². The van der Waals surface area contributed by atoms with E-state index < -0.39 is 0 Å². The molecule has 2 heteroatoms. The Morgan fingerprint density at radius 2 is 1.63 bits per heavy atom. The average molecular weight is 250 g/mol. The van der Waals surface area contributed by atoms with Gasteiger partial charge in [-0.1, -0.05) is 49.4 Å². The summed E-state index contributed by atoms with van der Waals surface area (Å²) < 4.78 is 0. The third-order valence-electron chi connectivity index (χ3n) is 3.22. The molecule has 0 saturated carbocycles. The van der Waals surface area contributed by atoms with Crippen molar-refractivity contribution < 1.29 is 0 Å². The second-order valence-electron chi connectivity index (χ2n) is 4.56. The van der Waals surface area contributed by atoms with Crippen LogP contribution >= 0.6 is 0 Å². The number of hydrogen-bond donors (Lipinski definition) is 1. The predicted octanol–water partition coefficient (Wildman–Crippen LogP) is 4.32. The molecule has 0 aromatic heterocycles. The monoisotopic (exact) mass is 250 g/mol. The first-order valence-electron chi connectivity index (χ1n) is 6.62. The molecule has 2 aromatic carbocycles. The van der Waals surface area contributed by atoms with E-state index >= 15 is 0 Å². The van der Waals surface area contributed by atoms with Crippen LogP contribution in [0, 0.1) is 17.2 Å². The highest BCUT2D eigenvalue weighted by Gasteiger charge is 2.03. The number of hydrogen-bond acceptors (Lipinski definition) is 2. The zero-order valence-electron chi connectivity index (χ0n) is 11.1. The van der Waals surface area contributed by atoms with E-state index in [1.165, 1.54) is 11.1 Å². The second kappa shape index (κ2) is 6.61. The van der Waals surface area contributed by atoms with Gasteiger partial charge in [0.1, 0.15) is 0 Å². The molecule has 2 nitrogen and oxygen atoms in total. The summed E-state index contributed by atoms with van der Waals surface area (Å²) in [5.74, 6) is 0.0776. The summed E-state index contributed by atoms with van der Waals surface area (Å²) in [6.07, 6.45) is 0.881. The van der Waals surface area contributed by atoms with Gasteiger partial charge in [0.05, 0.1) is 12.0 Å². The first-order chi connectivity index (χ1) is 9.33. The first-order valence-corrected chi connectivity index (χ1v) is 6.62. The topological polar surface area (TPSA) is 35.8 Å². The maximum Gasteiger partial charge on any atom is 0.0674 e. The highest BCUT2D eigenvalue weighted by atomic mass is 14.9. The van der Waals surface area contributed by atoms with Crippen molar-refractivity contribution >= 4 is 5.69 Å². The van der Waals surface area contributed by atoms with Gasteiger partial charge in [-0.25, -0.2) is 0 Å². The van der Waals surface area contributed by atoms with Gasteiger partial charge in [-0.2, -0.15) is 5.26 Å². The fourth-order valence-electron chi connectivity index (χ4n) is 1.93. The third-order valence-corrected chi connectivity index (χ3v) is 3.22. The average Bonchev–Trinajstić information content (AvgIpc) is 2.50. The fourth-order valence-corrected chi connectivity index (χ4v) is 1.93. The lowest BCUT2D eigenvalue weighted by molar-refractivity contribution is 0.674. The quantitative estimate of drug-likeness (QED) is 0.858. The minimum Gasteiger partial charge on any atom is -0.384 e. The maximum atomic E-state index is 8.91. The van der Waals surface area contributed by atoms with E-state index in [4.69, 9.17) is 5.26 Å². The van der Waals surface area contributed by atoms with Crippen molar-refractivity contribution in [2.75, 3.05) is 11.9 Å². The Balaban J connectivity index is 2.01. The Morgan fingerprint density at radius 1 is 1.00 bits per heavy atom. The van der Waals surface area contributed by atoms with Crippen LogP contribution in [0.15, 0.2) is 54.6 Å². The van der Waals surface area contributed by atoms with E-state index in [2.05, 4.69) is 47.8 Å². The molecule has 1 N–H and O–H groups in total. The Hall–Kier alpha value is -2.27. The number of benzene rings is 2. The highest BCUT2D eigenvalue weighted by Crippen LogP contribution is 2.21. The molecule has 1 unspecified atom stereocenters. The molecule has 0 aliphatic rings. The smallest absolute Gasteiger partial charge is 0.0674 e. The van der Waals surface area contributed by atoms with E-state index in [1.807, 2.05) is 25.1 Å². The van der Waals surface area contributed by atoms with Gasteiger partial charge in [0, 0.05) is 12.2 Å². The Kier molecular flexibility index (Phi) is 4.58. The molecule has 0 spiro atoms. The zero-order chi connectivity index (χ0) is 13.5. The lowest BCUT2D eigenvalue weighted by atomic mass is 10.1. The lowest BCUT2D eigenvalue weighted by Crippen LogP contribution is -2.11. The van der Waals surface area contributed by atoms with E-state index in [1.54, 1.807) is 0 Å². The van der Waals surface area contributed by atoms with Crippen LogP contribution in [0.4, 0.5) is 5.69 Å². The van der Waals surface area contributed by atoms with Gasteiger partial charge in [-0.05, 0) is 29.7 Å². The van der Waals surface area contributed by atoms with Crippen molar-refractivity contribution in [3.63, 3.8) is 0 Å². The van der Waals surface area contributed by atoms with Crippen molar-refractivity contribution in [1.82, 2.24) is 0 Å². The summed E-state index contributed by atoms with van der Waals surface area (Å²) in [5.41, 5.74) is 3.49. The van der Waals surface area contributed by atoms with Crippen molar-refractivity contribution in [3.05, 3.63) is 54.6 Å². The zero-order valence-corrected chi connectivity index (χ0v) is 11.1. The molecule has 0 aliphatic carbocycles. The second-order valence-corrected chi connectivity index (χ2v) is 4.56. The van der Waals surface area contributed by atoms with Gasteiger partial charge in [0.25, 0.3) is 0 Å². The van der Waals surface area contributed by atoms with Crippen molar-refractivity contribution in [3.8, 4) is 17.2 Å². The lowest BCUT2D eigenvalue weighted by Gasteiger charge is -2.10. The molecule has 2 rings (SSSR count). The summed E-state index contributed by atoms with van der Waals surface area (Å²) in [7, 11) is 0. The molecule has 19 heavy (non-hydrogen) atoms. The maximum absolute atomic E-state index is 8.91. The van der Waals surface area contributed by atoms with Crippen LogP contribution in [-0.2, 0) is 0 Å². The molecule has 0 bridgehead atoms. The summed E-state index contributed by atoms with van der Waals surface area (Å²) in [6.45, 7) is 2.74. The summed E-state index contributed by atoms with van der Waals surface area (Å²) in [6, 6.07) is 20.9. The number of nitrogens with zero attached hydrogens (tertiary/aromatic N) is 1. The van der Waals surface area contributed by atoms with Crippen LogP contribution in [0.3, 0.4) is 0 Å². The molecular formula is C17H18N2. The van der Waals surface area contributed by atoms with Crippen LogP contribution in [0.5, 0.6) is 0 Å². The molecule has 0 fully saturated rings. The minimum atomic E-state index is 0.0776. The van der Waals surface area contributed by atoms with E-state index in [-0.39, 0.29) is 5.92 Å². The van der Waals surface area contributed by atoms with Crippen LogP contribution < -0.4 is 5.32 Å². The largest absolute Gasteiger partial charge is 0.384 e. The van der Waals surface area contributed by atoms with Crippen molar-refractivity contribution in [2.45, 2.75) is 13.3 Å². The minimum absolute atomic E-state index is 0.0776. The number of anilines is 1. The van der Waals surface area contributed by atoms with Gasteiger partial charge >= 0.3 is 0 Å². The fraction of sp³-hybridized carbons (Fsp3) is 0.235. The van der Waals surface area contributed by atoms with Gasteiger partial charge < -0.3 is 5.32 Å². The van der Waals surface area contributed by atoms with Crippen LogP contribution in [0.2, 0.25) is 0 Å². The third kappa shape index (κ3) is 3.59. The van der Waals surface area contributed by atoms with Crippen molar-refractivity contribution in [1.29, 1.82) is 5.26 Å². The molecular weight excluding hydrogens is 232 g/mol. The summed E-state index contributed by atoms with van der Waals surface area (Å²) >= 11 is 0. The van der Waals surface area contributed by atoms with E-state index in [0.29, 0.717) is 6.54 Å². The molecule has 0 saturated heterocycles. The first kappa shape index (κ1) is 13.2. The molecule has 96 valence electrons. The molecule has 0 radical (unpaired) electrons. The SMILES string of the molecule is CCC(C#N)CNc1ccc(-c2ccccc2)cc1. The Labute approximate surface area is 114 Å². The molecule has 2 aromatic rings. The Morgan fingerprint density at radius 3 is 2.21 bits per heavy atom. The standard InChI is InChI=1S/C17H18N2/c1-2-14(12-18)13-19-17-10-8-16(9-11-17)15-6-4-3-5-7-15/h3-11,14,19H,2,13H2,1H3. The van der Waals surface area contributed by atoms with Crippen LogP contribution in [-0.4, -0.2) is 6.54 Å². The van der Waals surface area contributed by atoms with Crippen molar-refractivity contribution in [2.24, 2.45) is 5.92 Å². The molecule has 0 amide bonds. The highest BCUT2D eigenvalue weighted by molar-refractivity contribution is 5.65. The number of nitrogens with one attached hydrogen (secondary N) is 1.